The first kappa shape index (κ1) is 6.13. The molecule has 0 N–H and O–H groups in total. The van der Waals surface area contributed by atoms with Crippen LogP contribution < -0.4 is 0 Å². The van der Waals surface area contributed by atoms with Gasteiger partial charge in [0.05, 0.1) is 6.04 Å². The highest BCUT2D eigenvalue weighted by molar-refractivity contribution is 5.71. The van der Waals surface area contributed by atoms with Crippen molar-refractivity contribution in [3.8, 4) is 0 Å². The molecule has 1 amide bonds. The summed E-state index contributed by atoms with van der Waals surface area (Å²) in [7, 11) is 0. The molecule has 1 rings (SSSR count). The molecule has 9 heavy (non-hydrogen) atoms. The molecule has 0 aliphatic carbocycles. The summed E-state index contributed by atoms with van der Waals surface area (Å²) in [5.41, 5.74) is 0. The zero-order valence-corrected chi connectivity index (χ0v) is 5.33. The van der Waals surface area contributed by atoms with E-state index in [2.05, 4.69) is 11.3 Å². The van der Waals surface area contributed by atoms with Crippen molar-refractivity contribution < 1.29 is 9.53 Å². The van der Waals surface area contributed by atoms with Gasteiger partial charge in [0.1, 0.15) is 6.61 Å². The van der Waals surface area contributed by atoms with Crippen LogP contribution in [0.25, 0.3) is 0 Å². The van der Waals surface area contributed by atoms with Gasteiger partial charge in [-0.3, -0.25) is 4.90 Å². The molecular weight excluding hydrogens is 118 g/mol. The summed E-state index contributed by atoms with van der Waals surface area (Å²) in [6.07, 6.45) is 1.19. The molecule has 1 saturated heterocycles. The fourth-order valence-corrected chi connectivity index (χ4v) is 0.781. The number of nitrogens with zero attached hydrogens (tertiary/aromatic N) is 1. The lowest BCUT2D eigenvalue weighted by Crippen LogP contribution is -2.24. The first-order chi connectivity index (χ1) is 4.25. The molecule has 3 heteroatoms. The second kappa shape index (κ2) is 2.09. The van der Waals surface area contributed by atoms with E-state index in [1.54, 1.807) is 0 Å². The molecule has 1 aliphatic rings. The van der Waals surface area contributed by atoms with Crippen LogP contribution in [0.15, 0.2) is 12.8 Å². The quantitative estimate of drug-likeness (QED) is 0.525. The van der Waals surface area contributed by atoms with E-state index in [-0.39, 0.29) is 12.1 Å². The van der Waals surface area contributed by atoms with Gasteiger partial charge in [-0.25, -0.2) is 4.79 Å². The summed E-state index contributed by atoms with van der Waals surface area (Å²) < 4.78 is 4.68. The largest absolute Gasteiger partial charge is 0.447 e. The van der Waals surface area contributed by atoms with Crippen molar-refractivity contribution in [2.75, 3.05) is 6.61 Å². The number of cyclic esters (lactones) is 1. The zero-order valence-electron chi connectivity index (χ0n) is 5.33. The Bertz CT molecular complexity index is 144. The van der Waals surface area contributed by atoms with E-state index in [9.17, 15) is 4.79 Å². The van der Waals surface area contributed by atoms with Crippen LogP contribution in [0.4, 0.5) is 4.79 Å². The Balaban J connectivity index is 2.65. The maximum Gasteiger partial charge on any atom is 0.414 e. The van der Waals surface area contributed by atoms with Crippen LogP contribution in [-0.2, 0) is 4.74 Å². The van der Waals surface area contributed by atoms with Crippen molar-refractivity contribution in [1.82, 2.24) is 4.90 Å². The van der Waals surface area contributed by atoms with E-state index in [1.165, 1.54) is 11.1 Å². The topological polar surface area (TPSA) is 29.5 Å². The Morgan fingerprint density at radius 3 is 2.89 bits per heavy atom. The van der Waals surface area contributed by atoms with E-state index >= 15 is 0 Å². The van der Waals surface area contributed by atoms with Crippen LogP contribution in [0.2, 0.25) is 0 Å². The molecule has 0 bridgehead atoms. The molecule has 0 spiro atoms. The van der Waals surface area contributed by atoms with Gasteiger partial charge in [-0.15, -0.1) is 0 Å². The fraction of sp³-hybridized carbons (Fsp3) is 0.500. The minimum absolute atomic E-state index is 0.148. The SMILES string of the molecule is C=CN1C(=O)OCC1C. The van der Waals surface area contributed by atoms with Gasteiger partial charge in [0, 0.05) is 6.20 Å². The number of amides is 1. The molecule has 1 unspecified atom stereocenters. The summed E-state index contributed by atoms with van der Waals surface area (Å²) >= 11 is 0. The van der Waals surface area contributed by atoms with Gasteiger partial charge in [-0.1, -0.05) is 6.58 Å². The molecule has 0 aromatic heterocycles. The van der Waals surface area contributed by atoms with E-state index in [0.29, 0.717) is 6.61 Å². The summed E-state index contributed by atoms with van der Waals surface area (Å²) in [6, 6.07) is 0.148. The maximum atomic E-state index is 10.6. The minimum atomic E-state index is -0.294. The number of ether oxygens (including phenoxy) is 1. The van der Waals surface area contributed by atoms with Gasteiger partial charge in [0.2, 0.25) is 0 Å². The Hall–Kier alpha value is -0.990. The van der Waals surface area contributed by atoms with Crippen molar-refractivity contribution >= 4 is 6.09 Å². The molecule has 1 heterocycles. The summed E-state index contributed by atoms with van der Waals surface area (Å²) in [5, 5.41) is 0. The molecule has 3 nitrogen and oxygen atoms in total. The van der Waals surface area contributed by atoms with Gasteiger partial charge < -0.3 is 4.74 Å². The Labute approximate surface area is 53.9 Å². The second-order valence-corrected chi connectivity index (χ2v) is 2.02. The highest BCUT2D eigenvalue weighted by Crippen LogP contribution is 2.10. The smallest absolute Gasteiger partial charge is 0.414 e. The van der Waals surface area contributed by atoms with Crippen LogP contribution in [0, 0.1) is 0 Å². The van der Waals surface area contributed by atoms with Gasteiger partial charge in [-0.2, -0.15) is 0 Å². The highest BCUT2D eigenvalue weighted by atomic mass is 16.6. The Morgan fingerprint density at radius 1 is 2.00 bits per heavy atom. The molecule has 1 aliphatic heterocycles. The summed E-state index contributed by atoms with van der Waals surface area (Å²) in [6.45, 7) is 5.85. The maximum absolute atomic E-state index is 10.6. The lowest BCUT2D eigenvalue weighted by atomic mass is 10.3. The lowest BCUT2D eigenvalue weighted by molar-refractivity contribution is 0.166. The molecule has 50 valence electrons. The Morgan fingerprint density at radius 2 is 2.67 bits per heavy atom. The molecule has 1 fully saturated rings. The van der Waals surface area contributed by atoms with E-state index in [1.807, 2.05) is 6.92 Å². The third-order valence-electron chi connectivity index (χ3n) is 1.33. The monoisotopic (exact) mass is 127 g/mol. The third-order valence-corrected chi connectivity index (χ3v) is 1.33. The third kappa shape index (κ3) is 0.896. The van der Waals surface area contributed by atoms with Gasteiger partial charge in [0.15, 0.2) is 0 Å². The highest BCUT2D eigenvalue weighted by Gasteiger charge is 2.26. The predicted octanol–water partition coefficient (Wildman–Crippen LogP) is 0.971. The Kier molecular flexibility index (Phi) is 1.42. The molecule has 0 aromatic rings. The number of rotatable bonds is 1. The van der Waals surface area contributed by atoms with Crippen molar-refractivity contribution in [1.29, 1.82) is 0 Å². The van der Waals surface area contributed by atoms with Crippen LogP contribution >= 0.6 is 0 Å². The average molecular weight is 127 g/mol. The number of carbonyl (C=O) groups is 1. The standard InChI is InChI=1S/C6H9NO2/c1-3-7-5(2)4-9-6(7)8/h3,5H,1,4H2,2H3. The van der Waals surface area contributed by atoms with Crippen LogP contribution in [0.3, 0.4) is 0 Å². The van der Waals surface area contributed by atoms with E-state index in [0.717, 1.165) is 0 Å². The minimum Gasteiger partial charge on any atom is -0.447 e. The van der Waals surface area contributed by atoms with Crippen molar-refractivity contribution in [3.05, 3.63) is 12.8 Å². The summed E-state index contributed by atoms with van der Waals surface area (Å²) in [4.78, 5) is 12.1. The fourth-order valence-electron chi connectivity index (χ4n) is 0.781. The lowest BCUT2D eigenvalue weighted by Gasteiger charge is -2.09. The summed E-state index contributed by atoms with van der Waals surface area (Å²) in [5.74, 6) is 0. The predicted molar refractivity (Wildman–Crippen MR) is 32.8 cm³/mol. The normalized spacial score (nSPS) is 26.1. The van der Waals surface area contributed by atoms with Crippen LogP contribution in [-0.4, -0.2) is 23.6 Å². The van der Waals surface area contributed by atoms with Gasteiger partial charge in [0.25, 0.3) is 0 Å². The van der Waals surface area contributed by atoms with Gasteiger partial charge in [-0.05, 0) is 6.92 Å². The van der Waals surface area contributed by atoms with Crippen LogP contribution in [0.1, 0.15) is 6.92 Å². The number of carbonyl (C=O) groups excluding carboxylic acids is 1. The van der Waals surface area contributed by atoms with E-state index < -0.39 is 0 Å². The molecule has 1 atom stereocenters. The zero-order chi connectivity index (χ0) is 6.85. The molecule has 0 radical (unpaired) electrons. The molecule has 0 aromatic carbocycles. The van der Waals surface area contributed by atoms with Crippen LogP contribution in [0.5, 0.6) is 0 Å². The number of hydrogen-bond acceptors (Lipinski definition) is 2. The molecular formula is C6H9NO2. The van der Waals surface area contributed by atoms with Crippen molar-refractivity contribution in [3.63, 3.8) is 0 Å². The van der Waals surface area contributed by atoms with Gasteiger partial charge >= 0.3 is 6.09 Å². The average Bonchev–Trinajstić information content (AvgIpc) is 2.12. The molecule has 0 saturated carbocycles. The van der Waals surface area contributed by atoms with E-state index in [4.69, 9.17) is 0 Å². The second-order valence-electron chi connectivity index (χ2n) is 2.02. The number of hydrogen-bond donors (Lipinski definition) is 0. The van der Waals surface area contributed by atoms with Crippen molar-refractivity contribution in [2.24, 2.45) is 0 Å². The first-order valence-electron chi connectivity index (χ1n) is 2.83. The first-order valence-corrected chi connectivity index (χ1v) is 2.83. The van der Waals surface area contributed by atoms with Crippen molar-refractivity contribution in [2.45, 2.75) is 13.0 Å².